The Morgan fingerprint density at radius 1 is 1.19 bits per heavy atom. The summed E-state index contributed by atoms with van der Waals surface area (Å²) >= 11 is 0. The quantitative estimate of drug-likeness (QED) is 0.767. The molecule has 3 nitrogen and oxygen atoms in total. The number of benzene rings is 1. The average molecular weight is 220 g/mol. The molecular weight excluding hydrogens is 204 g/mol. The van der Waals surface area contributed by atoms with Gasteiger partial charge in [0.2, 0.25) is 0 Å². The van der Waals surface area contributed by atoms with Gasteiger partial charge in [0.25, 0.3) is 0 Å². The fourth-order valence-corrected chi connectivity index (χ4v) is 2.28. The van der Waals surface area contributed by atoms with E-state index in [-0.39, 0.29) is 5.92 Å². The van der Waals surface area contributed by atoms with Gasteiger partial charge in [0.05, 0.1) is 14.2 Å². The molecule has 1 aromatic rings. The zero-order chi connectivity index (χ0) is 11.7. The highest BCUT2D eigenvalue weighted by atomic mass is 16.5. The highest BCUT2D eigenvalue weighted by molar-refractivity contribution is 5.84. The lowest BCUT2D eigenvalue weighted by Crippen LogP contribution is -2.16. The van der Waals surface area contributed by atoms with Crippen LogP contribution in [-0.2, 0) is 11.2 Å². The van der Waals surface area contributed by atoms with Crippen molar-refractivity contribution < 1.29 is 14.3 Å². The van der Waals surface area contributed by atoms with E-state index in [0.29, 0.717) is 24.4 Å². The molecule has 0 heterocycles. The standard InChI is InChI=1S/C13H16O3/c1-8-4-10(14)5-9-6-12(15-2)13(16-3)7-11(8)9/h6-8H,4-5H2,1-3H3. The molecule has 1 aliphatic rings. The second kappa shape index (κ2) is 4.16. The summed E-state index contributed by atoms with van der Waals surface area (Å²) in [5.41, 5.74) is 2.28. The maximum atomic E-state index is 11.5. The van der Waals surface area contributed by atoms with Crippen LogP contribution in [0.15, 0.2) is 12.1 Å². The van der Waals surface area contributed by atoms with Crippen LogP contribution >= 0.6 is 0 Å². The Labute approximate surface area is 95.4 Å². The summed E-state index contributed by atoms with van der Waals surface area (Å²) in [5, 5.41) is 0. The van der Waals surface area contributed by atoms with Crippen LogP contribution in [0.5, 0.6) is 11.5 Å². The number of methoxy groups -OCH3 is 2. The van der Waals surface area contributed by atoms with Crippen molar-refractivity contribution in [3.05, 3.63) is 23.3 Å². The van der Waals surface area contributed by atoms with Crippen LogP contribution in [0.25, 0.3) is 0 Å². The summed E-state index contributed by atoms with van der Waals surface area (Å²) in [6.07, 6.45) is 1.14. The number of ether oxygens (including phenoxy) is 2. The van der Waals surface area contributed by atoms with Gasteiger partial charge in [-0.3, -0.25) is 4.79 Å². The number of carbonyl (C=O) groups excluding carboxylic acids is 1. The van der Waals surface area contributed by atoms with Crippen molar-refractivity contribution in [2.24, 2.45) is 0 Å². The van der Waals surface area contributed by atoms with Crippen molar-refractivity contribution in [2.75, 3.05) is 14.2 Å². The highest BCUT2D eigenvalue weighted by Gasteiger charge is 2.24. The van der Waals surface area contributed by atoms with Crippen molar-refractivity contribution in [3.63, 3.8) is 0 Å². The third-order valence-electron chi connectivity index (χ3n) is 3.10. The van der Waals surface area contributed by atoms with E-state index in [0.717, 1.165) is 11.3 Å². The average Bonchev–Trinajstić information content (AvgIpc) is 2.27. The molecule has 0 amide bonds. The minimum atomic E-state index is 0.274. The van der Waals surface area contributed by atoms with E-state index in [9.17, 15) is 4.79 Å². The predicted molar refractivity (Wildman–Crippen MR) is 61.3 cm³/mol. The van der Waals surface area contributed by atoms with Gasteiger partial charge in [0, 0.05) is 12.8 Å². The number of rotatable bonds is 2. The zero-order valence-electron chi connectivity index (χ0n) is 9.87. The normalized spacial score (nSPS) is 19.2. The SMILES string of the molecule is COc1cc2c(cc1OC)C(C)CC(=O)C2. The van der Waals surface area contributed by atoms with Crippen molar-refractivity contribution in [3.8, 4) is 11.5 Å². The summed E-state index contributed by atoms with van der Waals surface area (Å²) in [6.45, 7) is 2.07. The molecule has 0 saturated heterocycles. The van der Waals surface area contributed by atoms with E-state index < -0.39 is 0 Å². The summed E-state index contributed by atoms with van der Waals surface area (Å²) in [7, 11) is 3.24. The summed E-state index contributed by atoms with van der Waals surface area (Å²) < 4.78 is 10.5. The summed E-state index contributed by atoms with van der Waals surface area (Å²) in [6, 6.07) is 3.91. The number of fused-ring (bicyclic) bond motifs is 1. The Morgan fingerprint density at radius 2 is 1.81 bits per heavy atom. The van der Waals surface area contributed by atoms with Crippen molar-refractivity contribution in [1.29, 1.82) is 0 Å². The highest BCUT2D eigenvalue weighted by Crippen LogP contribution is 2.37. The first kappa shape index (κ1) is 11.0. The van der Waals surface area contributed by atoms with Gasteiger partial charge in [0.15, 0.2) is 11.5 Å². The first-order chi connectivity index (χ1) is 7.65. The third kappa shape index (κ3) is 1.77. The molecule has 0 aliphatic heterocycles. The zero-order valence-corrected chi connectivity index (χ0v) is 9.87. The Hall–Kier alpha value is -1.51. The molecule has 16 heavy (non-hydrogen) atoms. The largest absolute Gasteiger partial charge is 0.493 e. The number of carbonyl (C=O) groups is 1. The van der Waals surface area contributed by atoms with Crippen LogP contribution in [0.1, 0.15) is 30.4 Å². The van der Waals surface area contributed by atoms with Gasteiger partial charge in [-0.15, -0.1) is 0 Å². The Morgan fingerprint density at radius 3 is 2.44 bits per heavy atom. The number of hydrogen-bond donors (Lipinski definition) is 0. The van der Waals surface area contributed by atoms with Crippen LogP contribution in [-0.4, -0.2) is 20.0 Å². The van der Waals surface area contributed by atoms with E-state index in [2.05, 4.69) is 6.92 Å². The smallest absolute Gasteiger partial charge is 0.161 e. The maximum absolute atomic E-state index is 11.5. The molecule has 3 heteroatoms. The van der Waals surface area contributed by atoms with Gasteiger partial charge in [-0.25, -0.2) is 0 Å². The minimum absolute atomic E-state index is 0.274. The Kier molecular flexibility index (Phi) is 2.86. The van der Waals surface area contributed by atoms with E-state index in [1.54, 1.807) is 14.2 Å². The fraction of sp³-hybridized carbons (Fsp3) is 0.462. The molecule has 0 saturated carbocycles. The molecule has 2 rings (SSSR count). The maximum Gasteiger partial charge on any atom is 0.161 e. The van der Waals surface area contributed by atoms with Gasteiger partial charge in [-0.1, -0.05) is 6.92 Å². The molecule has 1 atom stereocenters. The number of ketones is 1. The monoisotopic (exact) mass is 220 g/mol. The second-order valence-corrected chi connectivity index (χ2v) is 4.23. The minimum Gasteiger partial charge on any atom is -0.493 e. The first-order valence-electron chi connectivity index (χ1n) is 5.42. The van der Waals surface area contributed by atoms with Crippen LogP contribution in [0.3, 0.4) is 0 Å². The molecule has 0 fully saturated rings. The van der Waals surface area contributed by atoms with Gasteiger partial charge in [-0.05, 0) is 29.2 Å². The topological polar surface area (TPSA) is 35.5 Å². The van der Waals surface area contributed by atoms with Gasteiger partial charge in [0.1, 0.15) is 5.78 Å². The lowest BCUT2D eigenvalue weighted by atomic mass is 9.83. The number of Topliss-reactive ketones (excluding diaryl/α,β-unsaturated/α-hetero) is 1. The third-order valence-corrected chi connectivity index (χ3v) is 3.10. The molecule has 1 unspecified atom stereocenters. The predicted octanol–water partition coefficient (Wildman–Crippen LogP) is 2.32. The summed E-state index contributed by atoms with van der Waals surface area (Å²) in [5.74, 6) is 2.01. The molecule has 0 aromatic heterocycles. The van der Waals surface area contributed by atoms with E-state index in [4.69, 9.17) is 9.47 Å². The lowest BCUT2D eigenvalue weighted by Gasteiger charge is -2.23. The van der Waals surface area contributed by atoms with Crippen molar-refractivity contribution in [1.82, 2.24) is 0 Å². The molecule has 0 radical (unpaired) electrons. The van der Waals surface area contributed by atoms with E-state index in [1.165, 1.54) is 5.56 Å². The van der Waals surface area contributed by atoms with Gasteiger partial charge < -0.3 is 9.47 Å². The molecule has 0 bridgehead atoms. The summed E-state index contributed by atoms with van der Waals surface area (Å²) in [4.78, 5) is 11.5. The van der Waals surface area contributed by atoms with E-state index >= 15 is 0 Å². The first-order valence-corrected chi connectivity index (χ1v) is 5.42. The van der Waals surface area contributed by atoms with Gasteiger partial charge >= 0.3 is 0 Å². The van der Waals surface area contributed by atoms with Gasteiger partial charge in [-0.2, -0.15) is 0 Å². The molecule has 86 valence electrons. The number of hydrogen-bond acceptors (Lipinski definition) is 3. The molecular formula is C13H16O3. The molecule has 0 N–H and O–H groups in total. The van der Waals surface area contributed by atoms with Crippen molar-refractivity contribution in [2.45, 2.75) is 25.7 Å². The van der Waals surface area contributed by atoms with Crippen molar-refractivity contribution >= 4 is 5.78 Å². The van der Waals surface area contributed by atoms with E-state index in [1.807, 2.05) is 12.1 Å². The van der Waals surface area contributed by atoms with Crippen LogP contribution in [0.4, 0.5) is 0 Å². The molecule has 1 aliphatic carbocycles. The fourth-order valence-electron chi connectivity index (χ4n) is 2.28. The Bertz CT molecular complexity index is 423. The lowest BCUT2D eigenvalue weighted by molar-refractivity contribution is -0.119. The molecule has 1 aromatic carbocycles. The molecule has 0 spiro atoms. The van der Waals surface area contributed by atoms with Crippen LogP contribution in [0, 0.1) is 0 Å². The van der Waals surface area contributed by atoms with Crippen LogP contribution in [0.2, 0.25) is 0 Å². The second-order valence-electron chi connectivity index (χ2n) is 4.23. The Balaban J connectivity index is 2.51. The van der Waals surface area contributed by atoms with Crippen LogP contribution < -0.4 is 9.47 Å².